The highest BCUT2D eigenvalue weighted by atomic mass is 35.5. The van der Waals surface area contributed by atoms with Gasteiger partial charge >= 0.3 is 6.36 Å². The van der Waals surface area contributed by atoms with Crippen LogP contribution in [0.3, 0.4) is 0 Å². The molecule has 0 amide bonds. The number of halogens is 4. The van der Waals surface area contributed by atoms with Crippen molar-refractivity contribution >= 4 is 22.5 Å². The van der Waals surface area contributed by atoms with Gasteiger partial charge in [-0.05, 0) is 24.3 Å². The highest BCUT2D eigenvalue weighted by Gasteiger charge is 2.32. The molecule has 0 aliphatic rings. The molecule has 0 unspecified atom stereocenters. The quantitative estimate of drug-likeness (QED) is 0.630. The fourth-order valence-corrected chi connectivity index (χ4v) is 2.47. The summed E-state index contributed by atoms with van der Waals surface area (Å²) in [6, 6.07) is 10.7. The molecule has 4 nitrogen and oxygen atoms in total. The molecule has 0 atom stereocenters. The number of ether oxygens (including phenoxy) is 2. The average molecular weight is 355 g/mol. The number of hydrogen-bond acceptors (Lipinski definition) is 4. The topological polar surface area (TPSA) is 44.2 Å². The number of alkyl halides is 3. The summed E-state index contributed by atoms with van der Waals surface area (Å²) < 4.78 is 47.0. The number of para-hydroxylation sites is 2. The minimum atomic E-state index is -4.82. The van der Waals surface area contributed by atoms with Crippen molar-refractivity contribution in [2.45, 2.75) is 6.36 Å². The number of methoxy groups -OCH3 is 1. The van der Waals surface area contributed by atoms with Crippen LogP contribution < -0.4 is 9.47 Å². The average Bonchev–Trinajstić information content (AvgIpc) is 2.53. The van der Waals surface area contributed by atoms with Crippen molar-refractivity contribution in [1.82, 2.24) is 9.97 Å². The smallest absolute Gasteiger partial charge is 0.494 e. The van der Waals surface area contributed by atoms with Crippen LogP contribution in [0.4, 0.5) is 13.2 Å². The number of aromatic nitrogens is 2. The molecule has 2 aromatic carbocycles. The Labute approximate surface area is 139 Å². The van der Waals surface area contributed by atoms with Gasteiger partial charge in [0.05, 0.1) is 12.7 Å². The lowest BCUT2D eigenvalue weighted by atomic mass is 10.1. The number of nitrogens with zero attached hydrogens (tertiary/aromatic N) is 2. The van der Waals surface area contributed by atoms with Crippen LogP contribution in [-0.4, -0.2) is 23.4 Å². The van der Waals surface area contributed by atoms with E-state index in [9.17, 15) is 13.2 Å². The van der Waals surface area contributed by atoms with Crippen molar-refractivity contribution in [2.75, 3.05) is 7.11 Å². The Morgan fingerprint density at radius 2 is 1.67 bits per heavy atom. The Balaban J connectivity index is 2.21. The van der Waals surface area contributed by atoms with E-state index in [0.29, 0.717) is 16.7 Å². The van der Waals surface area contributed by atoms with E-state index in [4.69, 9.17) is 16.3 Å². The van der Waals surface area contributed by atoms with E-state index in [2.05, 4.69) is 14.7 Å². The van der Waals surface area contributed by atoms with Gasteiger partial charge in [0.15, 0.2) is 5.82 Å². The van der Waals surface area contributed by atoms with Crippen molar-refractivity contribution in [2.24, 2.45) is 0 Å². The van der Waals surface area contributed by atoms with E-state index in [-0.39, 0.29) is 16.5 Å². The maximum absolute atomic E-state index is 12.6. The van der Waals surface area contributed by atoms with Crippen LogP contribution in [0.25, 0.3) is 22.3 Å². The van der Waals surface area contributed by atoms with Crippen LogP contribution >= 0.6 is 11.6 Å². The number of rotatable bonds is 3. The van der Waals surface area contributed by atoms with Crippen LogP contribution in [0.15, 0.2) is 42.5 Å². The minimum absolute atomic E-state index is 0.0110. The molecule has 0 saturated carbocycles. The van der Waals surface area contributed by atoms with Gasteiger partial charge in [0.1, 0.15) is 22.2 Å². The third-order valence-electron chi connectivity index (χ3n) is 3.22. The monoisotopic (exact) mass is 354 g/mol. The molecule has 24 heavy (non-hydrogen) atoms. The minimum Gasteiger partial charge on any atom is -0.494 e. The maximum Gasteiger partial charge on any atom is 0.573 e. The molecule has 8 heteroatoms. The van der Waals surface area contributed by atoms with Gasteiger partial charge < -0.3 is 9.47 Å². The molecule has 0 bridgehead atoms. The Bertz CT molecular complexity index is 900. The Kier molecular flexibility index (Phi) is 4.19. The maximum atomic E-state index is 12.6. The molecule has 0 saturated heterocycles. The Morgan fingerprint density at radius 3 is 2.38 bits per heavy atom. The summed E-state index contributed by atoms with van der Waals surface area (Å²) in [4.78, 5) is 8.39. The molecule has 0 radical (unpaired) electrons. The summed E-state index contributed by atoms with van der Waals surface area (Å²) in [7, 11) is 1.46. The summed E-state index contributed by atoms with van der Waals surface area (Å²) >= 11 is 6.16. The van der Waals surface area contributed by atoms with Crippen molar-refractivity contribution in [3.8, 4) is 22.9 Å². The van der Waals surface area contributed by atoms with Gasteiger partial charge in [-0.3, -0.25) is 0 Å². The molecule has 124 valence electrons. The highest BCUT2D eigenvalue weighted by Crippen LogP contribution is 2.35. The van der Waals surface area contributed by atoms with Gasteiger partial charge in [-0.15, -0.1) is 13.2 Å². The van der Waals surface area contributed by atoms with Crippen LogP contribution in [-0.2, 0) is 0 Å². The first-order valence-corrected chi connectivity index (χ1v) is 7.12. The summed E-state index contributed by atoms with van der Waals surface area (Å²) in [5, 5.41) is 0.643. The number of hydrogen-bond donors (Lipinski definition) is 0. The van der Waals surface area contributed by atoms with E-state index in [1.54, 1.807) is 24.3 Å². The normalized spacial score (nSPS) is 11.5. The fourth-order valence-electron chi connectivity index (χ4n) is 2.24. The number of benzene rings is 2. The molecule has 0 aliphatic heterocycles. The van der Waals surface area contributed by atoms with E-state index in [0.717, 1.165) is 0 Å². The zero-order valence-corrected chi connectivity index (χ0v) is 13.0. The van der Waals surface area contributed by atoms with Crippen LogP contribution in [0.1, 0.15) is 0 Å². The van der Waals surface area contributed by atoms with Crippen molar-refractivity contribution in [3.63, 3.8) is 0 Å². The standard InChI is InChI=1S/C16H10ClF3N2O2/c1-23-12-8-4-6-10-13(12)21-15(22-14(10)17)9-5-2-3-7-11(9)24-16(18,19)20/h2-8H,1H3. The zero-order chi connectivity index (χ0) is 17.3. The van der Waals surface area contributed by atoms with Gasteiger partial charge in [0.25, 0.3) is 0 Å². The SMILES string of the molecule is COc1cccc2c(Cl)nc(-c3ccccc3OC(F)(F)F)nc12. The first-order valence-electron chi connectivity index (χ1n) is 6.74. The predicted molar refractivity (Wildman–Crippen MR) is 83.2 cm³/mol. The van der Waals surface area contributed by atoms with Crippen molar-refractivity contribution in [3.05, 3.63) is 47.6 Å². The zero-order valence-electron chi connectivity index (χ0n) is 12.3. The van der Waals surface area contributed by atoms with Crippen LogP contribution in [0, 0.1) is 0 Å². The van der Waals surface area contributed by atoms with Crippen molar-refractivity contribution < 1.29 is 22.6 Å². The summed E-state index contributed by atoms with van der Waals surface area (Å²) in [5.41, 5.74) is 0.473. The lowest BCUT2D eigenvalue weighted by Gasteiger charge is -2.13. The molecule has 0 aliphatic carbocycles. The van der Waals surface area contributed by atoms with Gasteiger partial charge in [-0.2, -0.15) is 0 Å². The Morgan fingerprint density at radius 1 is 0.958 bits per heavy atom. The molecular weight excluding hydrogens is 345 g/mol. The van der Waals surface area contributed by atoms with Crippen LogP contribution in [0.2, 0.25) is 5.15 Å². The molecule has 1 heterocycles. The fraction of sp³-hybridized carbons (Fsp3) is 0.125. The first kappa shape index (κ1) is 16.3. The lowest BCUT2D eigenvalue weighted by molar-refractivity contribution is -0.274. The number of fused-ring (bicyclic) bond motifs is 1. The Hall–Kier alpha value is -2.54. The molecule has 1 aromatic heterocycles. The van der Waals surface area contributed by atoms with Gasteiger partial charge in [-0.1, -0.05) is 29.8 Å². The van der Waals surface area contributed by atoms with E-state index < -0.39 is 12.1 Å². The third kappa shape index (κ3) is 3.21. The molecule has 0 N–H and O–H groups in total. The molecule has 3 aromatic rings. The largest absolute Gasteiger partial charge is 0.573 e. The molecule has 0 fully saturated rings. The lowest BCUT2D eigenvalue weighted by Crippen LogP contribution is -2.17. The molecule has 3 rings (SSSR count). The van der Waals surface area contributed by atoms with Gasteiger partial charge in [-0.25, -0.2) is 9.97 Å². The van der Waals surface area contributed by atoms with Crippen molar-refractivity contribution in [1.29, 1.82) is 0 Å². The molecule has 0 spiro atoms. The van der Waals surface area contributed by atoms with Gasteiger partial charge in [0.2, 0.25) is 0 Å². The van der Waals surface area contributed by atoms with Crippen LogP contribution in [0.5, 0.6) is 11.5 Å². The third-order valence-corrected chi connectivity index (χ3v) is 3.50. The second-order valence-electron chi connectivity index (χ2n) is 4.74. The van der Waals surface area contributed by atoms with E-state index in [1.165, 1.54) is 25.3 Å². The summed E-state index contributed by atoms with van der Waals surface area (Å²) in [5.74, 6) is 0.0411. The second-order valence-corrected chi connectivity index (χ2v) is 5.10. The summed E-state index contributed by atoms with van der Waals surface area (Å²) in [6.07, 6.45) is -4.82. The second kappa shape index (κ2) is 6.16. The highest BCUT2D eigenvalue weighted by molar-refractivity contribution is 6.34. The summed E-state index contributed by atoms with van der Waals surface area (Å²) in [6.45, 7) is 0. The molecular formula is C16H10ClF3N2O2. The van der Waals surface area contributed by atoms with E-state index in [1.807, 2.05) is 0 Å². The first-order chi connectivity index (χ1) is 11.4. The predicted octanol–water partition coefficient (Wildman–Crippen LogP) is 4.86. The van der Waals surface area contributed by atoms with Gasteiger partial charge in [0, 0.05) is 5.39 Å². The van der Waals surface area contributed by atoms with E-state index >= 15 is 0 Å².